The van der Waals surface area contributed by atoms with Crippen LogP contribution in [0.1, 0.15) is 36.2 Å². The van der Waals surface area contributed by atoms with E-state index >= 15 is 0 Å². The lowest BCUT2D eigenvalue weighted by molar-refractivity contribution is 0.464. The average molecular weight is 299 g/mol. The van der Waals surface area contributed by atoms with Gasteiger partial charge in [-0.25, -0.2) is 4.39 Å². The number of halogens is 1. The third-order valence-electron chi connectivity index (χ3n) is 4.25. The zero-order chi connectivity index (χ0) is 15.2. The predicted octanol–water partition coefficient (Wildman–Crippen LogP) is 3.14. The fraction of sp³-hybridized carbons (Fsp3) is 0.444. The third-order valence-corrected chi connectivity index (χ3v) is 4.25. The molecule has 0 amide bonds. The van der Waals surface area contributed by atoms with Gasteiger partial charge in [0.2, 0.25) is 0 Å². The van der Waals surface area contributed by atoms with E-state index in [-0.39, 0.29) is 5.82 Å². The molecule has 2 aromatic rings. The van der Waals surface area contributed by atoms with Crippen molar-refractivity contribution in [3.05, 3.63) is 59.4 Å². The molecule has 1 aliphatic rings. The maximum Gasteiger partial charge on any atom is 0.123 e. The van der Waals surface area contributed by atoms with Crippen LogP contribution in [0.25, 0.3) is 0 Å². The molecule has 0 radical (unpaired) electrons. The van der Waals surface area contributed by atoms with Crippen LogP contribution in [0, 0.1) is 11.7 Å². The molecular weight excluding hydrogens is 277 g/mol. The summed E-state index contributed by atoms with van der Waals surface area (Å²) in [7, 11) is 0. The van der Waals surface area contributed by atoms with Crippen molar-refractivity contribution in [2.24, 2.45) is 5.92 Å². The molecule has 2 heterocycles. The van der Waals surface area contributed by atoms with Crippen LogP contribution >= 0.6 is 0 Å². The molecule has 1 unspecified atom stereocenters. The fourth-order valence-electron chi connectivity index (χ4n) is 2.98. The van der Waals surface area contributed by atoms with E-state index in [1.807, 2.05) is 12.4 Å². The first-order valence-corrected chi connectivity index (χ1v) is 8.04. The number of aromatic nitrogens is 2. The SMILES string of the molecule is Fc1ccc(Cc2cnc(CC3CCCNCC3)cn2)cc1. The van der Waals surface area contributed by atoms with Gasteiger partial charge in [0.15, 0.2) is 0 Å². The fourth-order valence-corrected chi connectivity index (χ4v) is 2.98. The van der Waals surface area contributed by atoms with E-state index < -0.39 is 0 Å². The molecule has 1 fully saturated rings. The summed E-state index contributed by atoms with van der Waals surface area (Å²) in [6.45, 7) is 2.25. The maximum absolute atomic E-state index is 12.9. The van der Waals surface area contributed by atoms with Crippen molar-refractivity contribution < 1.29 is 4.39 Å². The van der Waals surface area contributed by atoms with Gasteiger partial charge in [0.05, 0.1) is 11.4 Å². The van der Waals surface area contributed by atoms with Crippen LogP contribution in [0.15, 0.2) is 36.7 Å². The highest BCUT2D eigenvalue weighted by atomic mass is 19.1. The topological polar surface area (TPSA) is 37.8 Å². The van der Waals surface area contributed by atoms with Crippen LogP contribution in [0.3, 0.4) is 0 Å². The van der Waals surface area contributed by atoms with Gasteiger partial charge in [0, 0.05) is 18.8 Å². The van der Waals surface area contributed by atoms with E-state index in [1.165, 1.54) is 31.4 Å². The van der Waals surface area contributed by atoms with Crippen LogP contribution in [-0.2, 0) is 12.8 Å². The smallest absolute Gasteiger partial charge is 0.123 e. The summed E-state index contributed by atoms with van der Waals surface area (Å²) in [5.74, 6) is 0.510. The molecule has 1 aromatic carbocycles. The zero-order valence-corrected chi connectivity index (χ0v) is 12.8. The summed E-state index contributed by atoms with van der Waals surface area (Å²) in [5, 5.41) is 3.44. The Morgan fingerprint density at radius 3 is 2.55 bits per heavy atom. The molecule has 1 aromatic heterocycles. The number of nitrogens with one attached hydrogen (secondary N) is 1. The second-order valence-corrected chi connectivity index (χ2v) is 6.05. The second kappa shape index (κ2) is 7.45. The maximum atomic E-state index is 12.9. The van der Waals surface area contributed by atoms with Crippen LogP contribution in [0.2, 0.25) is 0 Å². The highest BCUT2D eigenvalue weighted by molar-refractivity contribution is 5.21. The average Bonchev–Trinajstić information content (AvgIpc) is 2.80. The van der Waals surface area contributed by atoms with Gasteiger partial charge in [0.25, 0.3) is 0 Å². The lowest BCUT2D eigenvalue weighted by atomic mass is 9.95. The zero-order valence-electron chi connectivity index (χ0n) is 12.8. The van der Waals surface area contributed by atoms with Crippen molar-refractivity contribution in [1.29, 1.82) is 0 Å². The molecule has 0 bridgehead atoms. The van der Waals surface area contributed by atoms with Crippen LogP contribution in [0.5, 0.6) is 0 Å². The predicted molar refractivity (Wildman–Crippen MR) is 85.2 cm³/mol. The van der Waals surface area contributed by atoms with Gasteiger partial charge >= 0.3 is 0 Å². The highest BCUT2D eigenvalue weighted by Gasteiger charge is 2.13. The largest absolute Gasteiger partial charge is 0.317 e. The molecule has 0 saturated carbocycles. The highest BCUT2D eigenvalue weighted by Crippen LogP contribution is 2.18. The van der Waals surface area contributed by atoms with Crippen molar-refractivity contribution in [2.75, 3.05) is 13.1 Å². The van der Waals surface area contributed by atoms with Gasteiger partial charge in [-0.3, -0.25) is 9.97 Å². The minimum atomic E-state index is -0.205. The summed E-state index contributed by atoms with van der Waals surface area (Å²) >= 11 is 0. The Morgan fingerprint density at radius 2 is 1.77 bits per heavy atom. The third kappa shape index (κ3) is 4.34. The minimum Gasteiger partial charge on any atom is -0.317 e. The van der Waals surface area contributed by atoms with Crippen molar-refractivity contribution in [3.63, 3.8) is 0 Å². The molecular formula is C18H22FN3. The van der Waals surface area contributed by atoms with Gasteiger partial charge in [-0.15, -0.1) is 0 Å². The van der Waals surface area contributed by atoms with E-state index in [0.29, 0.717) is 12.3 Å². The molecule has 1 saturated heterocycles. The van der Waals surface area contributed by atoms with E-state index in [1.54, 1.807) is 12.1 Å². The van der Waals surface area contributed by atoms with Crippen molar-refractivity contribution in [2.45, 2.75) is 32.1 Å². The first-order chi connectivity index (χ1) is 10.8. The minimum absolute atomic E-state index is 0.205. The first kappa shape index (κ1) is 15.1. The van der Waals surface area contributed by atoms with Gasteiger partial charge in [0.1, 0.15) is 5.82 Å². The molecule has 22 heavy (non-hydrogen) atoms. The Labute approximate surface area is 131 Å². The number of benzene rings is 1. The number of nitrogens with zero attached hydrogens (tertiary/aromatic N) is 2. The van der Waals surface area contributed by atoms with E-state index in [2.05, 4.69) is 15.3 Å². The normalized spacial score (nSPS) is 18.9. The Balaban J connectivity index is 1.58. The monoisotopic (exact) mass is 299 g/mol. The van der Waals surface area contributed by atoms with Crippen LogP contribution in [-0.4, -0.2) is 23.1 Å². The number of hydrogen-bond donors (Lipinski definition) is 1. The summed E-state index contributed by atoms with van der Waals surface area (Å²) in [5.41, 5.74) is 3.06. The molecule has 1 atom stereocenters. The van der Waals surface area contributed by atoms with Crippen molar-refractivity contribution >= 4 is 0 Å². The number of rotatable bonds is 4. The molecule has 3 rings (SSSR count). The number of hydrogen-bond acceptors (Lipinski definition) is 3. The summed E-state index contributed by atoms with van der Waals surface area (Å²) in [4.78, 5) is 9.07. The second-order valence-electron chi connectivity index (χ2n) is 6.05. The lowest BCUT2D eigenvalue weighted by Crippen LogP contribution is -2.14. The lowest BCUT2D eigenvalue weighted by Gasteiger charge is -2.12. The van der Waals surface area contributed by atoms with Gasteiger partial charge in [-0.2, -0.15) is 0 Å². The van der Waals surface area contributed by atoms with Gasteiger partial charge in [-0.1, -0.05) is 12.1 Å². The first-order valence-electron chi connectivity index (χ1n) is 8.04. The molecule has 0 spiro atoms. The molecule has 1 N–H and O–H groups in total. The summed E-state index contributed by atoms with van der Waals surface area (Å²) in [6.07, 6.45) is 9.21. The Kier molecular flexibility index (Phi) is 5.11. The summed E-state index contributed by atoms with van der Waals surface area (Å²) in [6, 6.07) is 6.56. The Bertz CT molecular complexity index is 572. The van der Waals surface area contributed by atoms with Crippen LogP contribution in [0.4, 0.5) is 4.39 Å². The molecule has 116 valence electrons. The molecule has 1 aliphatic heterocycles. The Morgan fingerprint density at radius 1 is 1.00 bits per heavy atom. The quantitative estimate of drug-likeness (QED) is 0.942. The van der Waals surface area contributed by atoms with Crippen LogP contribution < -0.4 is 5.32 Å². The summed E-state index contributed by atoms with van der Waals surface area (Å²) < 4.78 is 12.9. The van der Waals surface area contributed by atoms with Gasteiger partial charge in [-0.05, 0) is 62.4 Å². The molecule has 3 nitrogen and oxygen atoms in total. The van der Waals surface area contributed by atoms with Gasteiger partial charge < -0.3 is 5.32 Å². The van der Waals surface area contributed by atoms with E-state index in [4.69, 9.17) is 0 Å². The standard InChI is InChI=1S/C18H22FN3/c19-16-5-3-15(4-6-16)11-18-13-21-17(12-22-18)10-14-2-1-8-20-9-7-14/h3-6,12-14,20H,1-2,7-11H2. The molecule has 0 aliphatic carbocycles. The van der Waals surface area contributed by atoms with Crippen molar-refractivity contribution in [1.82, 2.24) is 15.3 Å². The van der Waals surface area contributed by atoms with E-state index in [9.17, 15) is 4.39 Å². The van der Waals surface area contributed by atoms with Crippen molar-refractivity contribution in [3.8, 4) is 0 Å². The Hall–Kier alpha value is -1.81. The van der Waals surface area contributed by atoms with E-state index in [0.717, 1.165) is 36.5 Å². The molecule has 4 heteroatoms.